The Morgan fingerprint density at radius 3 is 1.02 bits per heavy atom. The fourth-order valence-electron chi connectivity index (χ4n) is 11.5. The molecule has 8 nitrogen and oxygen atoms in total. The van der Waals surface area contributed by atoms with Crippen LogP contribution in [0.1, 0.15) is 11.1 Å². The monoisotopic (exact) mass is 1120 g/mol. The summed E-state index contributed by atoms with van der Waals surface area (Å²) in [4.78, 5) is 31.5. The standard InChI is InChI=1S/C80H48N8/c81-49-51-23-27-57(28-24-51)77-78(59-33-31-53(32-34-59)67-45-72(54-13-4-1-5-14-54)83-73(46-67)55-15-6-2-7-16-55)88-76-44-64(39-40-71(76)87-77)60-19-12-20-65(42-60)75-48-68(47-74(84-75)56-17-8-3-9-18-56)63-36-35-62-43-66(38-37-61(62)41-63)80-79(58-29-25-52(50-82)26-30-58)85-69-21-10-11-22-70(69)86-80/h1-48H. The number of hydrogen-bond donors (Lipinski definition) is 0. The van der Waals surface area contributed by atoms with E-state index in [4.69, 9.17) is 29.9 Å². The van der Waals surface area contributed by atoms with E-state index in [2.05, 4.69) is 170 Å². The third-order valence-electron chi connectivity index (χ3n) is 16.1. The van der Waals surface area contributed by atoms with Gasteiger partial charge in [0, 0.05) is 44.5 Å². The number of para-hydroxylation sites is 2. The van der Waals surface area contributed by atoms with E-state index in [1.165, 1.54) is 0 Å². The summed E-state index contributed by atoms with van der Waals surface area (Å²) in [5.74, 6) is 0. The van der Waals surface area contributed by atoms with Crippen LogP contribution in [0.5, 0.6) is 0 Å². The molecular formula is C80H48N8. The zero-order valence-corrected chi connectivity index (χ0v) is 47.3. The highest BCUT2D eigenvalue weighted by Crippen LogP contribution is 2.39. The van der Waals surface area contributed by atoms with Gasteiger partial charge < -0.3 is 0 Å². The Morgan fingerprint density at radius 1 is 0.193 bits per heavy atom. The first-order chi connectivity index (χ1) is 43.4. The van der Waals surface area contributed by atoms with Gasteiger partial charge >= 0.3 is 0 Å². The Labute approximate surface area is 508 Å². The van der Waals surface area contributed by atoms with Gasteiger partial charge in [0.25, 0.3) is 0 Å². The number of nitriles is 2. The molecule has 0 N–H and O–H groups in total. The van der Waals surface area contributed by atoms with Crippen LogP contribution in [-0.2, 0) is 0 Å². The normalized spacial score (nSPS) is 11.2. The highest BCUT2D eigenvalue weighted by atomic mass is 14.8. The van der Waals surface area contributed by atoms with E-state index in [9.17, 15) is 10.5 Å². The molecule has 0 aliphatic rings. The number of pyridine rings is 2. The molecule has 4 heterocycles. The van der Waals surface area contributed by atoms with E-state index in [-0.39, 0.29) is 0 Å². The Balaban J connectivity index is 0.783. The molecule has 15 aromatic rings. The maximum Gasteiger partial charge on any atom is 0.0991 e. The van der Waals surface area contributed by atoms with Crippen LogP contribution in [0, 0.1) is 22.7 Å². The fourth-order valence-corrected chi connectivity index (χ4v) is 11.5. The number of aromatic nitrogens is 6. The van der Waals surface area contributed by atoms with Crippen LogP contribution in [0.15, 0.2) is 291 Å². The van der Waals surface area contributed by atoms with E-state index in [1.807, 2.05) is 133 Å². The van der Waals surface area contributed by atoms with Crippen molar-refractivity contribution in [3.05, 3.63) is 302 Å². The lowest BCUT2D eigenvalue weighted by Gasteiger charge is -2.14. The topological polar surface area (TPSA) is 125 Å². The Morgan fingerprint density at radius 2 is 0.523 bits per heavy atom. The molecule has 8 heteroatoms. The molecule has 0 saturated heterocycles. The molecular weight excluding hydrogens is 1070 g/mol. The number of nitrogens with zero attached hydrogens (tertiary/aromatic N) is 8. The van der Waals surface area contributed by atoms with Gasteiger partial charge in [-0.1, -0.05) is 200 Å². The Kier molecular flexibility index (Phi) is 13.5. The molecule has 408 valence electrons. The minimum Gasteiger partial charge on any atom is -0.248 e. The second-order valence-electron chi connectivity index (χ2n) is 21.7. The Bertz CT molecular complexity index is 5190. The number of rotatable bonds is 11. The predicted molar refractivity (Wildman–Crippen MR) is 355 cm³/mol. The molecule has 11 aromatic carbocycles. The van der Waals surface area contributed by atoms with Gasteiger partial charge in [-0.05, 0) is 135 Å². The van der Waals surface area contributed by atoms with Crippen LogP contribution in [-0.4, -0.2) is 29.9 Å². The summed E-state index contributed by atoms with van der Waals surface area (Å²) in [7, 11) is 0. The molecule has 0 fully saturated rings. The molecule has 0 aliphatic carbocycles. The van der Waals surface area contributed by atoms with Crippen LogP contribution in [0.25, 0.3) is 156 Å². The van der Waals surface area contributed by atoms with E-state index in [1.54, 1.807) is 0 Å². The van der Waals surface area contributed by atoms with Crippen molar-refractivity contribution in [3.8, 4) is 136 Å². The summed E-state index contributed by atoms with van der Waals surface area (Å²) in [6, 6.07) is 103. The third kappa shape index (κ3) is 10.4. The van der Waals surface area contributed by atoms with Crippen molar-refractivity contribution in [2.75, 3.05) is 0 Å². The van der Waals surface area contributed by atoms with Crippen molar-refractivity contribution in [1.82, 2.24) is 29.9 Å². The van der Waals surface area contributed by atoms with Gasteiger partial charge in [-0.25, -0.2) is 29.9 Å². The van der Waals surface area contributed by atoms with Crippen LogP contribution in [0.3, 0.4) is 0 Å². The fraction of sp³-hybridized carbons (Fsp3) is 0. The zero-order chi connectivity index (χ0) is 58.9. The molecule has 0 bridgehead atoms. The minimum absolute atomic E-state index is 0.574. The van der Waals surface area contributed by atoms with Crippen molar-refractivity contribution in [1.29, 1.82) is 10.5 Å². The first-order valence-electron chi connectivity index (χ1n) is 29.0. The maximum absolute atomic E-state index is 9.71. The molecule has 15 rings (SSSR count). The second kappa shape index (κ2) is 22.7. The summed E-state index contributed by atoms with van der Waals surface area (Å²) in [6.07, 6.45) is 0. The second-order valence-corrected chi connectivity index (χ2v) is 21.7. The van der Waals surface area contributed by atoms with Crippen molar-refractivity contribution >= 4 is 32.8 Å². The Hall–Kier alpha value is -12.4. The average Bonchev–Trinajstić information content (AvgIpc) is 1.44. The quantitative estimate of drug-likeness (QED) is 0.125. The summed E-state index contributed by atoms with van der Waals surface area (Å²) in [5, 5.41) is 21.4. The summed E-state index contributed by atoms with van der Waals surface area (Å²) < 4.78 is 0. The van der Waals surface area contributed by atoms with Gasteiger partial charge in [0.1, 0.15) is 0 Å². The number of fused-ring (bicyclic) bond motifs is 3. The molecule has 0 radical (unpaired) electrons. The first-order valence-corrected chi connectivity index (χ1v) is 29.0. The van der Waals surface area contributed by atoms with Crippen molar-refractivity contribution in [2.45, 2.75) is 0 Å². The maximum atomic E-state index is 9.71. The summed E-state index contributed by atoms with van der Waals surface area (Å²) in [6.45, 7) is 0. The summed E-state index contributed by atoms with van der Waals surface area (Å²) >= 11 is 0. The highest BCUT2D eigenvalue weighted by molar-refractivity contribution is 5.95. The van der Waals surface area contributed by atoms with Crippen molar-refractivity contribution < 1.29 is 0 Å². The molecule has 0 unspecified atom stereocenters. The van der Waals surface area contributed by atoms with Crippen molar-refractivity contribution in [2.24, 2.45) is 0 Å². The highest BCUT2D eigenvalue weighted by Gasteiger charge is 2.19. The molecule has 0 aliphatic heterocycles. The molecule has 0 spiro atoms. The van der Waals surface area contributed by atoms with Crippen LogP contribution >= 0.6 is 0 Å². The van der Waals surface area contributed by atoms with E-state index in [0.29, 0.717) is 11.1 Å². The van der Waals surface area contributed by atoms with Gasteiger partial charge in [0.05, 0.1) is 90.9 Å². The lowest BCUT2D eigenvalue weighted by molar-refractivity contribution is 1.29. The molecule has 0 saturated carbocycles. The van der Waals surface area contributed by atoms with Gasteiger partial charge in [-0.2, -0.15) is 10.5 Å². The zero-order valence-electron chi connectivity index (χ0n) is 47.3. The van der Waals surface area contributed by atoms with Crippen LogP contribution in [0.4, 0.5) is 0 Å². The number of hydrogen-bond acceptors (Lipinski definition) is 8. The molecule has 0 amide bonds. The van der Waals surface area contributed by atoms with Gasteiger partial charge in [0.15, 0.2) is 0 Å². The van der Waals surface area contributed by atoms with Gasteiger partial charge in [-0.15, -0.1) is 0 Å². The molecule has 4 aromatic heterocycles. The van der Waals surface area contributed by atoms with Crippen molar-refractivity contribution in [3.63, 3.8) is 0 Å². The SMILES string of the molecule is N#Cc1ccc(-c2nc3ccccc3nc2-c2ccc3cc(-c4cc(-c5ccccc5)nc(-c5cccc(-c6ccc7nc(-c8ccc(C#N)cc8)c(-c8ccc(-c9cc(-c%10ccccc%10)nc(-c%10ccccc%10)c9)cc8)nc7c6)c5)c4)ccc3c2)cc1. The minimum atomic E-state index is 0.574. The van der Waals surface area contributed by atoms with E-state index in [0.717, 1.165) is 156 Å². The van der Waals surface area contributed by atoms with Crippen LogP contribution in [0.2, 0.25) is 0 Å². The smallest absolute Gasteiger partial charge is 0.0991 e. The van der Waals surface area contributed by atoms with E-state index < -0.39 is 0 Å². The predicted octanol–water partition coefficient (Wildman–Crippen LogP) is 19.6. The summed E-state index contributed by atoms with van der Waals surface area (Å²) in [5.41, 5.74) is 24.7. The third-order valence-corrected chi connectivity index (χ3v) is 16.1. The van der Waals surface area contributed by atoms with Gasteiger partial charge in [0.2, 0.25) is 0 Å². The van der Waals surface area contributed by atoms with Crippen LogP contribution < -0.4 is 0 Å². The lowest BCUT2D eigenvalue weighted by Crippen LogP contribution is -1.96. The average molecular weight is 1120 g/mol. The van der Waals surface area contributed by atoms with E-state index >= 15 is 0 Å². The number of benzene rings is 11. The first kappa shape index (κ1) is 52.4. The van der Waals surface area contributed by atoms with Gasteiger partial charge in [-0.3, -0.25) is 0 Å². The molecule has 0 atom stereocenters. The lowest BCUT2D eigenvalue weighted by atomic mass is 9.95. The largest absolute Gasteiger partial charge is 0.248 e. The molecule has 88 heavy (non-hydrogen) atoms.